The maximum atomic E-state index is 13.5. The zero-order valence-corrected chi connectivity index (χ0v) is 16.3. The highest BCUT2D eigenvalue weighted by atomic mass is 19.1. The Bertz CT molecular complexity index is 1060. The number of aromatic nitrogens is 4. The van der Waals surface area contributed by atoms with Crippen LogP contribution >= 0.6 is 0 Å². The van der Waals surface area contributed by atoms with Gasteiger partial charge in [-0.3, -0.25) is 9.89 Å². The number of benzene rings is 1. The standard InChI is InChI=1S/C20H22F2N6O/c1-3-26-4-6-27(7-5-26)20-23-12-17(13(2)24-20)18-11-19(29)28(25-18)16-9-14(21)8-15(22)10-16/h8-12,25H,3-7H2,1-2H3. The third-order valence-corrected chi connectivity index (χ3v) is 5.19. The number of piperazine rings is 1. The quantitative estimate of drug-likeness (QED) is 0.728. The van der Waals surface area contributed by atoms with E-state index in [0.29, 0.717) is 22.9 Å². The minimum Gasteiger partial charge on any atom is -0.338 e. The van der Waals surface area contributed by atoms with Gasteiger partial charge in [0.05, 0.1) is 17.1 Å². The van der Waals surface area contributed by atoms with Crippen LogP contribution in [-0.4, -0.2) is 57.4 Å². The molecule has 2 aromatic heterocycles. The van der Waals surface area contributed by atoms with E-state index in [-0.39, 0.29) is 5.69 Å². The molecule has 3 aromatic rings. The summed E-state index contributed by atoms with van der Waals surface area (Å²) in [5.41, 5.74) is 1.52. The van der Waals surface area contributed by atoms with E-state index in [1.54, 1.807) is 6.20 Å². The molecule has 0 atom stereocenters. The molecule has 0 spiro atoms. The number of hydrogen-bond acceptors (Lipinski definition) is 5. The maximum absolute atomic E-state index is 13.5. The first-order valence-corrected chi connectivity index (χ1v) is 9.54. The molecule has 1 aromatic carbocycles. The molecule has 152 valence electrons. The summed E-state index contributed by atoms with van der Waals surface area (Å²) in [7, 11) is 0. The van der Waals surface area contributed by atoms with Gasteiger partial charge in [-0.1, -0.05) is 6.92 Å². The average molecular weight is 400 g/mol. The summed E-state index contributed by atoms with van der Waals surface area (Å²) in [4.78, 5) is 26.0. The Balaban J connectivity index is 1.62. The van der Waals surface area contributed by atoms with Gasteiger partial charge >= 0.3 is 0 Å². The predicted molar refractivity (Wildman–Crippen MR) is 106 cm³/mol. The van der Waals surface area contributed by atoms with E-state index in [2.05, 4.69) is 31.8 Å². The van der Waals surface area contributed by atoms with E-state index in [1.165, 1.54) is 6.07 Å². The topological polar surface area (TPSA) is 70.0 Å². The second kappa shape index (κ2) is 7.75. The molecule has 1 aliphatic rings. The van der Waals surface area contributed by atoms with Crippen molar-refractivity contribution in [2.24, 2.45) is 0 Å². The van der Waals surface area contributed by atoms with Gasteiger partial charge in [0.25, 0.3) is 5.56 Å². The molecule has 1 saturated heterocycles. The first-order valence-electron chi connectivity index (χ1n) is 9.54. The minimum atomic E-state index is -0.755. The van der Waals surface area contributed by atoms with E-state index in [1.807, 2.05) is 6.92 Å². The Labute approximate surface area is 166 Å². The lowest BCUT2D eigenvalue weighted by Gasteiger charge is -2.34. The number of anilines is 1. The summed E-state index contributed by atoms with van der Waals surface area (Å²) >= 11 is 0. The van der Waals surface area contributed by atoms with Crippen LogP contribution in [0.5, 0.6) is 0 Å². The van der Waals surface area contributed by atoms with Crippen LogP contribution in [-0.2, 0) is 0 Å². The third kappa shape index (κ3) is 3.91. The van der Waals surface area contributed by atoms with E-state index >= 15 is 0 Å². The number of hydrogen-bond donors (Lipinski definition) is 1. The monoisotopic (exact) mass is 400 g/mol. The average Bonchev–Trinajstić information content (AvgIpc) is 3.08. The zero-order valence-electron chi connectivity index (χ0n) is 16.3. The second-order valence-corrected chi connectivity index (χ2v) is 7.06. The molecule has 1 N–H and O–H groups in total. The molecule has 0 radical (unpaired) electrons. The van der Waals surface area contributed by atoms with E-state index in [4.69, 9.17) is 0 Å². The molecule has 4 rings (SSSR count). The lowest BCUT2D eigenvalue weighted by Crippen LogP contribution is -2.46. The van der Waals surface area contributed by atoms with Crippen molar-refractivity contribution in [3.63, 3.8) is 0 Å². The third-order valence-electron chi connectivity index (χ3n) is 5.19. The van der Waals surface area contributed by atoms with Crippen LogP contribution < -0.4 is 10.5 Å². The van der Waals surface area contributed by atoms with Crippen LogP contribution in [0, 0.1) is 18.6 Å². The molecule has 29 heavy (non-hydrogen) atoms. The molecular weight excluding hydrogens is 378 g/mol. The fourth-order valence-electron chi connectivity index (χ4n) is 3.53. The molecule has 0 aliphatic carbocycles. The first-order chi connectivity index (χ1) is 13.9. The van der Waals surface area contributed by atoms with Crippen molar-refractivity contribution in [2.45, 2.75) is 13.8 Å². The number of aryl methyl sites for hydroxylation is 1. The fraction of sp³-hybridized carbons (Fsp3) is 0.350. The van der Waals surface area contributed by atoms with Gasteiger partial charge in [-0.05, 0) is 25.6 Å². The highest BCUT2D eigenvalue weighted by molar-refractivity contribution is 5.61. The number of rotatable bonds is 4. The van der Waals surface area contributed by atoms with Gasteiger partial charge in [0, 0.05) is 50.1 Å². The number of nitrogens with one attached hydrogen (secondary N) is 1. The summed E-state index contributed by atoms with van der Waals surface area (Å²) < 4.78 is 28.1. The molecule has 0 saturated carbocycles. The largest absolute Gasteiger partial charge is 0.338 e. The molecule has 0 unspecified atom stereocenters. The van der Waals surface area contributed by atoms with E-state index in [9.17, 15) is 13.6 Å². The Hall–Kier alpha value is -3.07. The Morgan fingerprint density at radius 3 is 2.38 bits per heavy atom. The van der Waals surface area contributed by atoms with Gasteiger partial charge in [0.2, 0.25) is 5.95 Å². The zero-order chi connectivity index (χ0) is 20.5. The van der Waals surface area contributed by atoms with Gasteiger partial charge in [-0.15, -0.1) is 0 Å². The van der Waals surface area contributed by atoms with Crippen LogP contribution in [0.15, 0.2) is 35.3 Å². The molecular formula is C20H22F2N6O. The SMILES string of the molecule is CCN1CCN(c2ncc(-c3cc(=O)n(-c4cc(F)cc(F)c4)[nH]3)c(C)n2)CC1. The highest BCUT2D eigenvalue weighted by Crippen LogP contribution is 2.22. The van der Waals surface area contributed by atoms with Crippen molar-refractivity contribution in [2.75, 3.05) is 37.6 Å². The molecule has 7 nitrogen and oxygen atoms in total. The van der Waals surface area contributed by atoms with Crippen molar-refractivity contribution in [1.29, 1.82) is 0 Å². The van der Waals surface area contributed by atoms with Crippen molar-refractivity contribution >= 4 is 5.95 Å². The number of halogens is 2. The lowest BCUT2D eigenvalue weighted by molar-refractivity contribution is 0.270. The molecule has 9 heteroatoms. The van der Waals surface area contributed by atoms with Crippen molar-refractivity contribution in [3.05, 3.63) is 58.1 Å². The molecule has 1 aliphatic heterocycles. The van der Waals surface area contributed by atoms with Crippen molar-refractivity contribution in [3.8, 4) is 16.9 Å². The van der Waals surface area contributed by atoms with Gasteiger partial charge in [0.15, 0.2) is 0 Å². The summed E-state index contributed by atoms with van der Waals surface area (Å²) in [6.45, 7) is 8.71. The van der Waals surface area contributed by atoms with Gasteiger partial charge in [-0.25, -0.2) is 23.4 Å². The summed E-state index contributed by atoms with van der Waals surface area (Å²) in [6, 6.07) is 4.31. The van der Waals surface area contributed by atoms with Crippen LogP contribution in [0.4, 0.5) is 14.7 Å². The van der Waals surface area contributed by atoms with Gasteiger partial charge in [-0.2, -0.15) is 0 Å². The Kier molecular flexibility index (Phi) is 5.14. The predicted octanol–water partition coefficient (Wildman–Crippen LogP) is 2.35. The highest BCUT2D eigenvalue weighted by Gasteiger charge is 2.19. The number of aromatic amines is 1. The van der Waals surface area contributed by atoms with Crippen LogP contribution in [0.3, 0.4) is 0 Å². The Morgan fingerprint density at radius 1 is 1.07 bits per heavy atom. The molecule has 0 amide bonds. The normalized spacial score (nSPS) is 15.1. The number of H-pyrrole nitrogens is 1. The maximum Gasteiger partial charge on any atom is 0.271 e. The number of nitrogens with zero attached hydrogens (tertiary/aromatic N) is 5. The van der Waals surface area contributed by atoms with Crippen LogP contribution in [0.1, 0.15) is 12.6 Å². The van der Waals surface area contributed by atoms with E-state index < -0.39 is 17.2 Å². The molecule has 0 bridgehead atoms. The van der Waals surface area contributed by atoms with Crippen LogP contribution in [0.25, 0.3) is 16.9 Å². The van der Waals surface area contributed by atoms with E-state index in [0.717, 1.165) is 55.6 Å². The summed E-state index contributed by atoms with van der Waals surface area (Å²) in [5.74, 6) is -0.846. The Morgan fingerprint density at radius 2 is 1.76 bits per heavy atom. The van der Waals surface area contributed by atoms with Crippen molar-refractivity contribution < 1.29 is 8.78 Å². The molecule has 3 heterocycles. The summed E-state index contributed by atoms with van der Waals surface area (Å²) in [6.07, 6.45) is 1.67. The van der Waals surface area contributed by atoms with Gasteiger partial charge in [0.1, 0.15) is 11.6 Å². The lowest BCUT2D eigenvalue weighted by atomic mass is 10.2. The smallest absolute Gasteiger partial charge is 0.271 e. The minimum absolute atomic E-state index is 0.0859. The fourth-order valence-corrected chi connectivity index (χ4v) is 3.53. The van der Waals surface area contributed by atoms with Crippen LogP contribution in [0.2, 0.25) is 0 Å². The van der Waals surface area contributed by atoms with Gasteiger partial charge < -0.3 is 9.80 Å². The first kappa shape index (κ1) is 19.3. The summed E-state index contributed by atoms with van der Waals surface area (Å²) in [5, 5.41) is 2.89. The van der Waals surface area contributed by atoms with Crippen molar-refractivity contribution in [1.82, 2.24) is 24.6 Å². The molecule has 1 fully saturated rings. The number of likely N-dealkylation sites (N-methyl/N-ethyl adjacent to an activating group) is 1. The second-order valence-electron chi connectivity index (χ2n) is 7.06.